The largest absolute Gasteiger partial charge is 0.383 e. The SMILES string of the molecule is Cc1cccc(-c2cccc(C(=O)N3CCC(O)(c4cn(Cc5nc6ccccc6[nH]5)nn4)CC3)c2)c1. The third-order valence-corrected chi connectivity index (χ3v) is 7.10. The van der Waals surface area contributed by atoms with Crippen molar-refractivity contribution < 1.29 is 9.90 Å². The van der Waals surface area contributed by atoms with Crippen LogP contribution < -0.4 is 0 Å². The number of aromatic nitrogens is 5. The Bertz CT molecular complexity index is 1550. The van der Waals surface area contributed by atoms with E-state index in [1.807, 2.05) is 59.5 Å². The number of nitrogens with one attached hydrogen (secondary N) is 1. The second kappa shape index (κ2) is 9.29. The average Bonchev–Trinajstić information content (AvgIpc) is 3.56. The van der Waals surface area contributed by atoms with Gasteiger partial charge >= 0.3 is 0 Å². The van der Waals surface area contributed by atoms with Crippen LogP contribution >= 0.6 is 0 Å². The predicted molar refractivity (Wildman–Crippen MR) is 141 cm³/mol. The molecule has 2 N–H and O–H groups in total. The minimum atomic E-state index is -1.12. The lowest BCUT2D eigenvalue weighted by atomic mass is 9.88. The molecule has 3 heterocycles. The van der Waals surface area contributed by atoms with E-state index in [2.05, 4.69) is 45.4 Å². The summed E-state index contributed by atoms with van der Waals surface area (Å²) in [6.07, 6.45) is 2.58. The van der Waals surface area contributed by atoms with Crippen LogP contribution in [0.2, 0.25) is 0 Å². The molecule has 1 saturated heterocycles. The lowest BCUT2D eigenvalue weighted by molar-refractivity contribution is -0.0245. The molecule has 1 amide bonds. The molecule has 0 atom stereocenters. The second-order valence-electron chi connectivity index (χ2n) is 9.78. The smallest absolute Gasteiger partial charge is 0.253 e. The molecule has 0 bridgehead atoms. The molecule has 2 aromatic heterocycles. The molecule has 3 aromatic carbocycles. The van der Waals surface area contributed by atoms with Crippen LogP contribution in [0, 0.1) is 6.92 Å². The summed E-state index contributed by atoms with van der Waals surface area (Å²) in [5.74, 6) is 0.753. The van der Waals surface area contributed by atoms with E-state index in [9.17, 15) is 9.90 Å². The number of aryl methyl sites for hydroxylation is 1. The molecule has 0 saturated carbocycles. The van der Waals surface area contributed by atoms with Gasteiger partial charge in [-0.1, -0.05) is 59.3 Å². The summed E-state index contributed by atoms with van der Waals surface area (Å²) in [6.45, 7) is 3.38. The molecular formula is C29H28N6O2. The summed E-state index contributed by atoms with van der Waals surface area (Å²) in [6, 6.07) is 23.9. The number of piperidine rings is 1. The van der Waals surface area contributed by atoms with Crippen molar-refractivity contribution in [1.82, 2.24) is 29.9 Å². The van der Waals surface area contributed by atoms with Crippen LogP contribution in [0.5, 0.6) is 0 Å². The summed E-state index contributed by atoms with van der Waals surface area (Å²) in [7, 11) is 0. The number of imidazole rings is 1. The maximum Gasteiger partial charge on any atom is 0.253 e. The molecule has 186 valence electrons. The van der Waals surface area contributed by atoms with E-state index in [-0.39, 0.29) is 5.91 Å². The Balaban J connectivity index is 1.12. The zero-order valence-electron chi connectivity index (χ0n) is 20.6. The Labute approximate surface area is 214 Å². The van der Waals surface area contributed by atoms with Crippen molar-refractivity contribution in [3.8, 4) is 11.1 Å². The number of fused-ring (bicyclic) bond motifs is 1. The number of amides is 1. The standard InChI is InChI=1S/C29H28N6O2/c1-20-6-4-7-21(16-20)22-8-5-9-23(17-22)28(36)34-14-12-29(37,13-15-34)26-18-35(33-32-26)19-27-30-24-10-2-3-11-25(24)31-27/h2-11,16-18,37H,12-15,19H2,1H3,(H,30,31). The zero-order valence-corrected chi connectivity index (χ0v) is 20.6. The van der Waals surface area contributed by atoms with Crippen molar-refractivity contribution in [2.75, 3.05) is 13.1 Å². The van der Waals surface area contributed by atoms with Gasteiger partial charge < -0.3 is 15.0 Å². The normalized spacial score (nSPS) is 15.2. The first kappa shape index (κ1) is 23.1. The maximum absolute atomic E-state index is 13.3. The number of aromatic amines is 1. The highest BCUT2D eigenvalue weighted by Gasteiger charge is 2.38. The van der Waals surface area contributed by atoms with E-state index in [0.717, 1.165) is 28.0 Å². The van der Waals surface area contributed by atoms with Gasteiger partial charge in [0.25, 0.3) is 5.91 Å². The number of para-hydroxylation sites is 2. The van der Waals surface area contributed by atoms with E-state index in [0.29, 0.717) is 43.7 Å². The van der Waals surface area contributed by atoms with Crippen molar-refractivity contribution in [1.29, 1.82) is 0 Å². The molecule has 0 radical (unpaired) electrons. The Morgan fingerprint density at radius 1 is 1.00 bits per heavy atom. The number of carbonyl (C=O) groups excluding carboxylic acids is 1. The van der Waals surface area contributed by atoms with Crippen molar-refractivity contribution in [2.45, 2.75) is 31.9 Å². The molecule has 1 fully saturated rings. The van der Waals surface area contributed by atoms with Crippen LogP contribution in [-0.2, 0) is 12.1 Å². The van der Waals surface area contributed by atoms with Crippen LogP contribution in [0.15, 0.2) is 79.0 Å². The van der Waals surface area contributed by atoms with Gasteiger partial charge in [0.1, 0.15) is 23.7 Å². The minimum Gasteiger partial charge on any atom is -0.383 e. The Hall–Kier alpha value is -4.30. The van der Waals surface area contributed by atoms with E-state index in [1.165, 1.54) is 5.56 Å². The molecule has 1 aliphatic rings. The van der Waals surface area contributed by atoms with Gasteiger partial charge in [-0.05, 0) is 55.2 Å². The number of likely N-dealkylation sites (tertiary alicyclic amines) is 1. The highest BCUT2D eigenvalue weighted by atomic mass is 16.3. The summed E-state index contributed by atoms with van der Waals surface area (Å²) >= 11 is 0. The summed E-state index contributed by atoms with van der Waals surface area (Å²) < 4.78 is 1.68. The van der Waals surface area contributed by atoms with Gasteiger partial charge in [-0.2, -0.15) is 0 Å². The van der Waals surface area contributed by atoms with Crippen LogP contribution in [-0.4, -0.2) is 54.0 Å². The zero-order chi connectivity index (χ0) is 25.4. The fourth-order valence-corrected chi connectivity index (χ4v) is 5.00. The van der Waals surface area contributed by atoms with E-state index >= 15 is 0 Å². The topological polar surface area (TPSA) is 99.9 Å². The number of benzene rings is 3. The number of nitrogens with zero attached hydrogens (tertiary/aromatic N) is 5. The lowest BCUT2D eigenvalue weighted by Crippen LogP contribution is -2.45. The highest BCUT2D eigenvalue weighted by Crippen LogP contribution is 2.32. The summed E-state index contributed by atoms with van der Waals surface area (Å²) in [5, 5.41) is 19.8. The van der Waals surface area contributed by atoms with Crippen molar-refractivity contribution >= 4 is 16.9 Å². The molecule has 0 unspecified atom stereocenters. The van der Waals surface area contributed by atoms with E-state index in [4.69, 9.17) is 0 Å². The first-order chi connectivity index (χ1) is 18.0. The van der Waals surface area contributed by atoms with Crippen LogP contribution in [0.3, 0.4) is 0 Å². The summed E-state index contributed by atoms with van der Waals surface area (Å²) in [4.78, 5) is 23.0. The van der Waals surface area contributed by atoms with E-state index < -0.39 is 5.60 Å². The van der Waals surface area contributed by atoms with Crippen LogP contribution in [0.1, 0.15) is 40.3 Å². The molecule has 5 aromatic rings. The molecule has 0 aliphatic carbocycles. The fourth-order valence-electron chi connectivity index (χ4n) is 5.00. The third kappa shape index (κ3) is 4.63. The van der Waals surface area contributed by atoms with Gasteiger partial charge in [-0.25, -0.2) is 9.67 Å². The molecular weight excluding hydrogens is 464 g/mol. The number of hydrogen-bond donors (Lipinski definition) is 2. The van der Waals surface area contributed by atoms with Gasteiger partial charge in [0, 0.05) is 18.7 Å². The minimum absolute atomic E-state index is 0.0231. The Kier molecular flexibility index (Phi) is 5.81. The van der Waals surface area contributed by atoms with Gasteiger partial charge in [0.2, 0.25) is 0 Å². The number of aliphatic hydroxyl groups is 1. The lowest BCUT2D eigenvalue weighted by Gasteiger charge is -2.37. The molecule has 6 rings (SSSR count). The van der Waals surface area contributed by atoms with Crippen molar-refractivity contribution in [3.63, 3.8) is 0 Å². The van der Waals surface area contributed by atoms with Gasteiger partial charge in [-0.15, -0.1) is 5.10 Å². The Morgan fingerprint density at radius 2 is 1.76 bits per heavy atom. The van der Waals surface area contributed by atoms with E-state index in [1.54, 1.807) is 10.9 Å². The first-order valence-corrected chi connectivity index (χ1v) is 12.5. The summed E-state index contributed by atoms with van der Waals surface area (Å²) in [5.41, 5.74) is 5.22. The highest BCUT2D eigenvalue weighted by molar-refractivity contribution is 5.95. The quantitative estimate of drug-likeness (QED) is 0.381. The number of carbonyl (C=O) groups is 1. The third-order valence-electron chi connectivity index (χ3n) is 7.10. The number of H-pyrrole nitrogens is 1. The first-order valence-electron chi connectivity index (χ1n) is 12.5. The van der Waals surface area contributed by atoms with Gasteiger partial charge in [0.15, 0.2) is 0 Å². The van der Waals surface area contributed by atoms with Crippen molar-refractivity contribution in [2.24, 2.45) is 0 Å². The van der Waals surface area contributed by atoms with Gasteiger partial charge in [0.05, 0.1) is 17.2 Å². The molecule has 37 heavy (non-hydrogen) atoms. The Morgan fingerprint density at radius 3 is 2.54 bits per heavy atom. The monoisotopic (exact) mass is 492 g/mol. The number of hydrogen-bond acceptors (Lipinski definition) is 5. The molecule has 1 aliphatic heterocycles. The van der Waals surface area contributed by atoms with Crippen molar-refractivity contribution in [3.05, 3.63) is 102 Å². The second-order valence-corrected chi connectivity index (χ2v) is 9.78. The van der Waals surface area contributed by atoms with Crippen LogP contribution in [0.25, 0.3) is 22.2 Å². The van der Waals surface area contributed by atoms with Gasteiger partial charge in [-0.3, -0.25) is 4.79 Å². The molecule has 8 heteroatoms. The van der Waals surface area contributed by atoms with Crippen LogP contribution in [0.4, 0.5) is 0 Å². The number of rotatable bonds is 5. The molecule has 8 nitrogen and oxygen atoms in total. The predicted octanol–water partition coefficient (Wildman–Crippen LogP) is 4.30. The molecule has 0 spiro atoms. The average molecular weight is 493 g/mol. The fraction of sp³-hybridized carbons (Fsp3) is 0.241. The maximum atomic E-state index is 13.3.